The molecule has 4 nitrogen and oxygen atoms in total. The van der Waals surface area contributed by atoms with Crippen molar-refractivity contribution in [2.75, 3.05) is 6.54 Å². The topological polar surface area (TPSA) is 42.7 Å². The molecule has 0 fully saturated rings. The summed E-state index contributed by atoms with van der Waals surface area (Å²) in [5, 5.41) is 3.31. The molecule has 2 rings (SSSR count). The Kier molecular flexibility index (Phi) is 4.47. The van der Waals surface area contributed by atoms with Gasteiger partial charge < -0.3 is 9.88 Å². The van der Waals surface area contributed by atoms with Crippen molar-refractivity contribution >= 4 is 0 Å². The second kappa shape index (κ2) is 6.31. The molecule has 0 radical (unpaired) electrons. The van der Waals surface area contributed by atoms with E-state index in [1.807, 2.05) is 24.8 Å². The molecule has 2 aromatic heterocycles. The van der Waals surface area contributed by atoms with E-state index in [1.54, 1.807) is 0 Å². The molecule has 0 bridgehead atoms. The Balaban J connectivity index is 2.24. The Hall–Kier alpha value is -1.68. The van der Waals surface area contributed by atoms with Crippen LogP contribution in [0.5, 0.6) is 0 Å². The van der Waals surface area contributed by atoms with Gasteiger partial charge >= 0.3 is 0 Å². The zero-order chi connectivity index (χ0) is 12.8. The van der Waals surface area contributed by atoms with Crippen molar-refractivity contribution in [1.29, 1.82) is 0 Å². The van der Waals surface area contributed by atoms with E-state index in [1.165, 1.54) is 5.56 Å². The number of rotatable bonds is 6. The van der Waals surface area contributed by atoms with E-state index < -0.39 is 0 Å². The first-order valence-corrected chi connectivity index (χ1v) is 6.51. The van der Waals surface area contributed by atoms with E-state index in [-0.39, 0.29) is 0 Å². The number of nitrogens with zero attached hydrogens (tertiary/aromatic N) is 3. The minimum absolute atomic E-state index is 0.853. The summed E-state index contributed by atoms with van der Waals surface area (Å²) in [6, 6.07) is 2.16. The molecule has 0 aliphatic heterocycles. The zero-order valence-corrected chi connectivity index (χ0v) is 11.1. The van der Waals surface area contributed by atoms with Gasteiger partial charge in [-0.15, -0.1) is 0 Å². The highest BCUT2D eigenvalue weighted by atomic mass is 15.1. The Morgan fingerprint density at radius 2 is 2.17 bits per heavy atom. The van der Waals surface area contributed by atoms with Crippen molar-refractivity contribution in [1.82, 2.24) is 19.9 Å². The van der Waals surface area contributed by atoms with E-state index in [0.717, 1.165) is 37.4 Å². The van der Waals surface area contributed by atoms with Gasteiger partial charge in [0.2, 0.25) is 0 Å². The van der Waals surface area contributed by atoms with Gasteiger partial charge in [0.05, 0.1) is 0 Å². The summed E-state index contributed by atoms with van der Waals surface area (Å²) in [7, 11) is 0. The van der Waals surface area contributed by atoms with Crippen LogP contribution in [0.25, 0.3) is 11.4 Å². The molecule has 96 valence electrons. The smallest absolute Gasteiger partial charge is 0.141 e. The predicted molar refractivity (Wildman–Crippen MR) is 73.1 cm³/mol. The van der Waals surface area contributed by atoms with Crippen LogP contribution in [-0.2, 0) is 13.1 Å². The van der Waals surface area contributed by atoms with Crippen LogP contribution in [0.2, 0.25) is 0 Å². The Labute approximate surface area is 108 Å². The van der Waals surface area contributed by atoms with Crippen molar-refractivity contribution in [3.63, 3.8) is 0 Å². The van der Waals surface area contributed by atoms with Crippen LogP contribution in [0.3, 0.4) is 0 Å². The average Bonchev–Trinajstić information content (AvgIpc) is 2.85. The maximum Gasteiger partial charge on any atom is 0.141 e. The van der Waals surface area contributed by atoms with E-state index in [0.29, 0.717) is 0 Å². The van der Waals surface area contributed by atoms with E-state index in [4.69, 9.17) is 0 Å². The normalized spacial score (nSPS) is 10.8. The molecule has 0 aliphatic rings. The van der Waals surface area contributed by atoms with Crippen molar-refractivity contribution < 1.29 is 0 Å². The molecule has 0 aliphatic carbocycles. The third-order valence-corrected chi connectivity index (χ3v) is 2.81. The van der Waals surface area contributed by atoms with E-state index >= 15 is 0 Å². The van der Waals surface area contributed by atoms with Gasteiger partial charge in [-0.2, -0.15) is 0 Å². The van der Waals surface area contributed by atoms with Gasteiger partial charge in [-0.05, 0) is 24.6 Å². The minimum atomic E-state index is 0.853. The molecule has 0 saturated heterocycles. The Bertz CT molecular complexity index is 490. The fraction of sp³-hybridized carbons (Fsp3) is 0.429. The van der Waals surface area contributed by atoms with Crippen LogP contribution in [0.1, 0.15) is 25.8 Å². The number of aromatic nitrogens is 3. The lowest BCUT2D eigenvalue weighted by atomic mass is 10.2. The third kappa shape index (κ3) is 2.96. The lowest BCUT2D eigenvalue weighted by Gasteiger charge is -2.08. The summed E-state index contributed by atoms with van der Waals surface area (Å²) >= 11 is 0. The quantitative estimate of drug-likeness (QED) is 0.848. The molecule has 0 amide bonds. The van der Waals surface area contributed by atoms with Crippen LogP contribution in [0.4, 0.5) is 0 Å². The molecule has 0 saturated carbocycles. The second-order valence-corrected chi connectivity index (χ2v) is 4.31. The first kappa shape index (κ1) is 12.8. The van der Waals surface area contributed by atoms with Crippen LogP contribution in [-0.4, -0.2) is 21.1 Å². The van der Waals surface area contributed by atoms with E-state index in [2.05, 4.69) is 39.8 Å². The van der Waals surface area contributed by atoms with Gasteiger partial charge in [0.1, 0.15) is 5.82 Å². The molecule has 1 N–H and O–H groups in total. The summed E-state index contributed by atoms with van der Waals surface area (Å²) < 4.78 is 2.17. The maximum atomic E-state index is 4.43. The molecule has 4 heteroatoms. The van der Waals surface area contributed by atoms with Crippen molar-refractivity contribution in [2.45, 2.75) is 33.4 Å². The number of pyridine rings is 1. The molecule has 0 aromatic carbocycles. The molecule has 2 heterocycles. The molecule has 2 aromatic rings. The number of hydrogen-bond donors (Lipinski definition) is 1. The summed E-state index contributed by atoms with van der Waals surface area (Å²) in [5.74, 6) is 1.00. The number of imidazole rings is 1. The average molecular weight is 244 g/mol. The highest BCUT2D eigenvalue weighted by Crippen LogP contribution is 2.17. The number of nitrogens with one attached hydrogen (secondary N) is 1. The summed E-state index contributed by atoms with van der Waals surface area (Å²) in [4.78, 5) is 8.73. The molecular weight excluding hydrogens is 224 g/mol. The van der Waals surface area contributed by atoms with Gasteiger partial charge in [-0.1, -0.05) is 13.8 Å². The third-order valence-electron chi connectivity index (χ3n) is 2.81. The highest BCUT2D eigenvalue weighted by molar-refractivity contribution is 5.55. The summed E-state index contributed by atoms with van der Waals surface area (Å²) in [6.07, 6.45) is 8.76. The lowest BCUT2D eigenvalue weighted by molar-refractivity contribution is 0.684. The first-order chi connectivity index (χ1) is 8.85. The van der Waals surface area contributed by atoms with Crippen molar-refractivity contribution in [3.05, 3.63) is 36.4 Å². The molecule has 18 heavy (non-hydrogen) atoms. The number of hydrogen-bond acceptors (Lipinski definition) is 3. The highest BCUT2D eigenvalue weighted by Gasteiger charge is 2.06. The first-order valence-electron chi connectivity index (χ1n) is 6.51. The summed E-state index contributed by atoms with van der Waals surface area (Å²) in [6.45, 7) is 7.09. The van der Waals surface area contributed by atoms with Crippen LogP contribution < -0.4 is 5.32 Å². The van der Waals surface area contributed by atoms with Gasteiger partial charge in [0.25, 0.3) is 0 Å². The Morgan fingerprint density at radius 1 is 1.28 bits per heavy atom. The minimum Gasteiger partial charge on any atom is -0.331 e. The van der Waals surface area contributed by atoms with Crippen molar-refractivity contribution in [2.24, 2.45) is 0 Å². The standard InChI is InChI=1S/C14H20N4/c1-3-6-18-7-5-17-14(18)13-8-12(9-15-4-2)10-16-11-13/h5,7-8,10-11,15H,3-4,6,9H2,1-2H3. The monoisotopic (exact) mass is 244 g/mol. The lowest BCUT2D eigenvalue weighted by Crippen LogP contribution is -2.12. The van der Waals surface area contributed by atoms with Gasteiger partial charge in [0.15, 0.2) is 0 Å². The zero-order valence-electron chi connectivity index (χ0n) is 11.1. The van der Waals surface area contributed by atoms with E-state index in [9.17, 15) is 0 Å². The molecule has 0 unspecified atom stereocenters. The van der Waals surface area contributed by atoms with Crippen LogP contribution >= 0.6 is 0 Å². The van der Waals surface area contributed by atoms with Gasteiger partial charge in [-0.25, -0.2) is 4.98 Å². The van der Waals surface area contributed by atoms with Crippen molar-refractivity contribution in [3.8, 4) is 11.4 Å². The second-order valence-electron chi connectivity index (χ2n) is 4.31. The molecule has 0 atom stereocenters. The predicted octanol–water partition coefficient (Wildman–Crippen LogP) is 2.46. The SMILES string of the molecule is CCCn1ccnc1-c1cncc(CNCC)c1. The molecule has 0 spiro atoms. The summed E-state index contributed by atoms with van der Waals surface area (Å²) in [5.41, 5.74) is 2.28. The van der Waals surface area contributed by atoms with Crippen LogP contribution in [0.15, 0.2) is 30.9 Å². The fourth-order valence-electron chi connectivity index (χ4n) is 1.97. The van der Waals surface area contributed by atoms with Gasteiger partial charge in [-0.3, -0.25) is 4.98 Å². The van der Waals surface area contributed by atoms with Crippen LogP contribution in [0, 0.1) is 0 Å². The number of aryl methyl sites for hydroxylation is 1. The maximum absolute atomic E-state index is 4.43. The molecular formula is C14H20N4. The van der Waals surface area contributed by atoms with Gasteiger partial charge in [0, 0.05) is 43.4 Å². The largest absolute Gasteiger partial charge is 0.331 e. The Morgan fingerprint density at radius 3 is 2.94 bits per heavy atom. The fourth-order valence-corrected chi connectivity index (χ4v) is 1.97.